The van der Waals surface area contributed by atoms with Gasteiger partial charge >= 0.3 is 5.97 Å². The Hall–Kier alpha value is -3.13. The molecule has 0 radical (unpaired) electrons. The number of benzene rings is 2. The van der Waals surface area contributed by atoms with Crippen molar-refractivity contribution in [1.29, 1.82) is 0 Å². The molecule has 0 fully saturated rings. The molecule has 1 N–H and O–H groups in total. The average Bonchev–Trinajstić information content (AvgIpc) is 3.11. The maximum atomic E-state index is 13.0. The van der Waals surface area contributed by atoms with Gasteiger partial charge in [-0.05, 0) is 59.8 Å². The number of aromatic nitrogens is 2. The second-order valence-corrected chi connectivity index (χ2v) is 6.06. The molecule has 0 saturated carbocycles. The lowest BCUT2D eigenvalue weighted by Gasteiger charge is -2.00. The molecule has 6 nitrogen and oxygen atoms in total. The number of rotatable bonds is 6. The second kappa shape index (κ2) is 7.83. The van der Waals surface area contributed by atoms with E-state index in [9.17, 15) is 14.3 Å². The minimum atomic E-state index is -1.15. The summed E-state index contributed by atoms with van der Waals surface area (Å²) in [6.07, 6.45) is 1.41. The zero-order valence-corrected chi connectivity index (χ0v) is 14.4. The molecule has 0 unspecified atom stereocenters. The van der Waals surface area contributed by atoms with Gasteiger partial charge in [-0.3, -0.25) is 0 Å². The van der Waals surface area contributed by atoms with Crippen LogP contribution in [-0.4, -0.2) is 28.4 Å². The number of carboxylic acids is 1. The molecule has 132 valence electrons. The Morgan fingerprint density at radius 1 is 1.15 bits per heavy atom. The van der Waals surface area contributed by atoms with E-state index < -0.39 is 11.8 Å². The van der Waals surface area contributed by atoms with E-state index in [2.05, 4.69) is 10.2 Å². The van der Waals surface area contributed by atoms with Crippen LogP contribution in [0, 0.1) is 5.82 Å². The molecule has 3 aromatic rings. The van der Waals surface area contributed by atoms with E-state index in [0.29, 0.717) is 16.9 Å². The van der Waals surface area contributed by atoms with Crippen molar-refractivity contribution in [1.82, 2.24) is 10.2 Å². The zero-order valence-electron chi connectivity index (χ0n) is 13.5. The lowest BCUT2D eigenvalue weighted by Crippen LogP contribution is -1.96. The second-order valence-electron chi connectivity index (χ2n) is 5.07. The fourth-order valence-corrected chi connectivity index (χ4v) is 2.71. The first-order chi connectivity index (χ1) is 12.5. The summed E-state index contributed by atoms with van der Waals surface area (Å²) in [5.41, 5.74) is 1.23. The van der Waals surface area contributed by atoms with Crippen LogP contribution >= 0.6 is 11.8 Å². The van der Waals surface area contributed by atoms with E-state index in [0.717, 1.165) is 11.8 Å². The predicted octanol–water partition coefficient (Wildman–Crippen LogP) is 4.10. The van der Waals surface area contributed by atoms with Crippen molar-refractivity contribution in [2.45, 2.75) is 5.22 Å². The number of ether oxygens (including phenoxy) is 1. The predicted molar refractivity (Wildman–Crippen MR) is 94.2 cm³/mol. The molecular formula is C18H13FN2O4S. The number of nitrogens with zero attached hydrogens (tertiary/aromatic N) is 2. The summed E-state index contributed by atoms with van der Waals surface area (Å²) in [5.74, 6) is -0.587. The maximum absolute atomic E-state index is 13.0. The maximum Gasteiger partial charge on any atom is 0.342 e. The molecule has 0 amide bonds. The molecule has 0 atom stereocenters. The Kier molecular flexibility index (Phi) is 5.33. The number of aliphatic carboxylic acids is 1. The molecule has 3 rings (SSSR count). The summed E-state index contributed by atoms with van der Waals surface area (Å²) in [5, 5.41) is 17.2. The van der Waals surface area contributed by atoms with Crippen molar-refractivity contribution in [3.8, 4) is 17.2 Å². The van der Waals surface area contributed by atoms with Crippen LogP contribution in [0.15, 0.2) is 63.1 Å². The first kappa shape index (κ1) is 17.7. The third kappa shape index (κ3) is 4.28. The standard InChI is InChI=1S/C18H13FN2O4S/c1-24-14-8-4-12(5-9-14)16-20-21-18(25-16)26-15(17(22)23)10-11-2-6-13(19)7-3-11/h2-10H,1H3,(H,22,23)/b15-10-. The molecule has 0 spiro atoms. The van der Waals surface area contributed by atoms with Gasteiger partial charge in [-0.1, -0.05) is 12.1 Å². The van der Waals surface area contributed by atoms with Crippen LogP contribution in [0.1, 0.15) is 5.56 Å². The summed E-state index contributed by atoms with van der Waals surface area (Å²) >= 11 is 0.822. The normalized spacial score (nSPS) is 11.4. The van der Waals surface area contributed by atoms with Gasteiger partial charge in [-0.2, -0.15) is 0 Å². The van der Waals surface area contributed by atoms with Crippen LogP contribution in [0.3, 0.4) is 0 Å². The van der Waals surface area contributed by atoms with Gasteiger partial charge in [0, 0.05) is 5.56 Å². The van der Waals surface area contributed by atoms with Crippen LogP contribution in [0.5, 0.6) is 5.75 Å². The van der Waals surface area contributed by atoms with E-state index >= 15 is 0 Å². The van der Waals surface area contributed by atoms with Gasteiger partial charge in [0.2, 0.25) is 5.89 Å². The quantitative estimate of drug-likeness (QED) is 0.515. The number of carboxylic acid groups (broad SMARTS) is 1. The monoisotopic (exact) mass is 372 g/mol. The van der Waals surface area contributed by atoms with Gasteiger partial charge in [-0.15, -0.1) is 10.2 Å². The first-order valence-electron chi connectivity index (χ1n) is 7.41. The highest BCUT2D eigenvalue weighted by Crippen LogP contribution is 2.30. The largest absolute Gasteiger partial charge is 0.497 e. The van der Waals surface area contributed by atoms with Crippen LogP contribution in [0.2, 0.25) is 0 Å². The molecule has 26 heavy (non-hydrogen) atoms. The fourth-order valence-electron chi connectivity index (χ4n) is 2.04. The van der Waals surface area contributed by atoms with E-state index in [1.165, 1.54) is 30.3 Å². The van der Waals surface area contributed by atoms with Crippen molar-refractivity contribution >= 4 is 23.8 Å². The van der Waals surface area contributed by atoms with E-state index in [1.54, 1.807) is 31.4 Å². The van der Waals surface area contributed by atoms with Gasteiger partial charge in [0.1, 0.15) is 16.5 Å². The molecule has 0 saturated heterocycles. The topological polar surface area (TPSA) is 85.5 Å². The molecule has 0 bridgehead atoms. The van der Waals surface area contributed by atoms with E-state index in [4.69, 9.17) is 9.15 Å². The molecule has 8 heteroatoms. The van der Waals surface area contributed by atoms with E-state index in [1.807, 2.05) is 0 Å². The highest BCUT2D eigenvalue weighted by atomic mass is 32.2. The molecule has 0 aliphatic rings. The van der Waals surface area contributed by atoms with Crippen LogP contribution in [0.25, 0.3) is 17.5 Å². The molecule has 0 aliphatic carbocycles. The van der Waals surface area contributed by atoms with Crippen molar-refractivity contribution in [2.24, 2.45) is 0 Å². The fraction of sp³-hybridized carbons (Fsp3) is 0.0556. The number of hydrogen-bond donors (Lipinski definition) is 1. The summed E-state index contributed by atoms with van der Waals surface area (Å²) < 4.78 is 23.6. The van der Waals surface area contributed by atoms with Crippen LogP contribution < -0.4 is 4.74 Å². The van der Waals surface area contributed by atoms with Crippen molar-refractivity contribution in [2.75, 3.05) is 7.11 Å². The molecule has 0 aliphatic heterocycles. The van der Waals surface area contributed by atoms with Crippen LogP contribution in [0.4, 0.5) is 4.39 Å². The summed E-state index contributed by atoms with van der Waals surface area (Å²) in [6.45, 7) is 0. The highest BCUT2D eigenvalue weighted by Gasteiger charge is 2.16. The average molecular weight is 372 g/mol. The summed E-state index contributed by atoms with van der Waals surface area (Å²) in [7, 11) is 1.57. The number of methoxy groups -OCH3 is 1. The number of halogens is 1. The summed E-state index contributed by atoms with van der Waals surface area (Å²) in [4.78, 5) is 11.4. The Labute approximate surface area is 152 Å². The Morgan fingerprint density at radius 3 is 2.46 bits per heavy atom. The van der Waals surface area contributed by atoms with Gasteiger partial charge < -0.3 is 14.3 Å². The van der Waals surface area contributed by atoms with Gasteiger partial charge in [0.05, 0.1) is 7.11 Å². The third-order valence-electron chi connectivity index (χ3n) is 3.32. The Balaban J connectivity index is 1.80. The van der Waals surface area contributed by atoms with Crippen molar-refractivity contribution in [3.63, 3.8) is 0 Å². The minimum absolute atomic E-state index is 0.0264. The minimum Gasteiger partial charge on any atom is -0.497 e. The first-order valence-corrected chi connectivity index (χ1v) is 8.23. The zero-order chi connectivity index (χ0) is 18.5. The SMILES string of the molecule is COc1ccc(-c2nnc(S/C(=C\c3ccc(F)cc3)C(=O)O)o2)cc1. The molecular weight excluding hydrogens is 359 g/mol. The van der Waals surface area contributed by atoms with Crippen molar-refractivity contribution < 1.29 is 23.4 Å². The molecule has 1 aromatic heterocycles. The Bertz CT molecular complexity index is 937. The number of hydrogen-bond acceptors (Lipinski definition) is 6. The van der Waals surface area contributed by atoms with Crippen molar-refractivity contribution in [3.05, 3.63) is 64.8 Å². The number of thioether (sulfide) groups is 1. The van der Waals surface area contributed by atoms with Crippen LogP contribution in [-0.2, 0) is 4.79 Å². The lowest BCUT2D eigenvalue weighted by molar-refractivity contribution is -0.131. The summed E-state index contributed by atoms with van der Waals surface area (Å²) in [6, 6.07) is 12.5. The lowest BCUT2D eigenvalue weighted by atomic mass is 10.2. The highest BCUT2D eigenvalue weighted by molar-refractivity contribution is 8.03. The van der Waals surface area contributed by atoms with E-state index in [-0.39, 0.29) is 16.0 Å². The van der Waals surface area contributed by atoms with Gasteiger partial charge in [0.25, 0.3) is 5.22 Å². The Morgan fingerprint density at radius 2 is 1.85 bits per heavy atom. The molecule has 1 heterocycles. The smallest absolute Gasteiger partial charge is 0.342 e. The third-order valence-corrected chi connectivity index (χ3v) is 4.17. The van der Waals surface area contributed by atoms with Gasteiger partial charge in [-0.25, -0.2) is 9.18 Å². The molecule has 2 aromatic carbocycles. The van der Waals surface area contributed by atoms with Gasteiger partial charge in [0.15, 0.2) is 0 Å². The number of carbonyl (C=O) groups is 1.